The van der Waals surface area contributed by atoms with E-state index in [4.69, 9.17) is 11.0 Å². The first-order valence-electron chi connectivity index (χ1n) is 5.12. The number of aromatic nitrogens is 1. The zero-order valence-corrected chi connectivity index (χ0v) is 9.61. The molecule has 96 valence electrons. The molecular formula is C11H11F2N3O2. The summed E-state index contributed by atoms with van der Waals surface area (Å²) < 4.78 is 30.4. The number of hydrogen-bond acceptors (Lipinski definition) is 5. The Hall–Kier alpha value is -2.23. The van der Waals surface area contributed by atoms with Gasteiger partial charge in [0.05, 0.1) is 18.6 Å². The van der Waals surface area contributed by atoms with Gasteiger partial charge in [-0.3, -0.25) is 4.79 Å². The second-order valence-electron chi connectivity index (χ2n) is 3.36. The normalized spacial score (nSPS) is 10.2. The van der Waals surface area contributed by atoms with Crippen LogP contribution in [-0.4, -0.2) is 17.6 Å². The highest BCUT2D eigenvalue weighted by Gasteiger charge is 2.22. The number of anilines is 1. The summed E-state index contributed by atoms with van der Waals surface area (Å²) in [4.78, 5) is 14.8. The first-order chi connectivity index (χ1) is 8.49. The number of pyridine rings is 1. The summed E-state index contributed by atoms with van der Waals surface area (Å²) in [5.41, 5.74) is 4.32. The van der Waals surface area contributed by atoms with Crippen LogP contribution in [0.15, 0.2) is 6.07 Å². The van der Waals surface area contributed by atoms with Gasteiger partial charge in [0.15, 0.2) is 5.69 Å². The van der Waals surface area contributed by atoms with E-state index in [2.05, 4.69) is 9.72 Å². The molecule has 1 heterocycles. The summed E-state index contributed by atoms with van der Waals surface area (Å²) in [5.74, 6) is -0.746. The predicted octanol–water partition coefficient (Wildman–Crippen LogP) is 1.58. The molecule has 0 bridgehead atoms. The monoisotopic (exact) mass is 255 g/mol. The Kier molecular flexibility index (Phi) is 4.54. The molecule has 0 amide bonds. The van der Waals surface area contributed by atoms with E-state index in [0.29, 0.717) is 0 Å². The smallest absolute Gasteiger partial charge is 0.310 e. The number of halogens is 2. The van der Waals surface area contributed by atoms with E-state index in [-0.39, 0.29) is 24.4 Å². The van der Waals surface area contributed by atoms with Crippen molar-refractivity contribution < 1.29 is 18.3 Å². The van der Waals surface area contributed by atoms with Crippen molar-refractivity contribution in [1.82, 2.24) is 4.98 Å². The standard InChI is InChI=1S/C11H11F2N3O2/c1-2-18-9(17)4-6-3-8(15)16-7(5-14)10(6)11(12)13/h3,11H,2,4H2,1H3,(H2,15,16). The largest absolute Gasteiger partial charge is 0.466 e. The topological polar surface area (TPSA) is 89.0 Å². The second kappa shape index (κ2) is 5.91. The van der Waals surface area contributed by atoms with Crippen molar-refractivity contribution in [2.75, 3.05) is 12.3 Å². The van der Waals surface area contributed by atoms with Crippen LogP contribution in [0.2, 0.25) is 0 Å². The quantitative estimate of drug-likeness (QED) is 0.825. The predicted molar refractivity (Wildman–Crippen MR) is 58.7 cm³/mol. The van der Waals surface area contributed by atoms with Gasteiger partial charge in [0.2, 0.25) is 0 Å². The third-order valence-electron chi connectivity index (χ3n) is 2.13. The van der Waals surface area contributed by atoms with Crippen LogP contribution in [0.1, 0.15) is 30.2 Å². The van der Waals surface area contributed by atoms with E-state index in [1.807, 2.05) is 0 Å². The fourth-order valence-electron chi connectivity index (χ4n) is 1.47. The highest BCUT2D eigenvalue weighted by Crippen LogP contribution is 2.27. The minimum atomic E-state index is -2.91. The minimum Gasteiger partial charge on any atom is -0.466 e. The summed E-state index contributed by atoms with van der Waals surface area (Å²) >= 11 is 0. The minimum absolute atomic E-state index is 0.0347. The highest BCUT2D eigenvalue weighted by atomic mass is 19.3. The number of hydrogen-bond donors (Lipinski definition) is 1. The molecule has 0 saturated heterocycles. The third-order valence-corrected chi connectivity index (χ3v) is 2.13. The number of ether oxygens (including phenoxy) is 1. The van der Waals surface area contributed by atoms with Crippen LogP contribution in [-0.2, 0) is 16.0 Å². The van der Waals surface area contributed by atoms with E-state index in [0.717, 1.165) is 6.07 Å². The summed E-state index contributed by atoms with van der Waals surface area (Å²) in [6.07, 6.45) is -3.27. The van der Waals surface area contributed by atoms with Crippen molar-refractivity contribution in [3.8, 4) is 6.07 Å². The molecule has 18 heavy (non-hydrogen) atoms. The molecule has 0 aliphatic heterocycles. The molecule has 5 nitrogen and oxygen atoms in total. The number of carbonyl (C=O) groups is 1. The van der Waals surface area contributed by atoms with Crippen molar-refractivity contribution in [2.24, 2.45) is 0 Å². The van der Waals surface area contributed by atoms with Crippen LogP contribution in [0, 0.1) is 11.3 Å². The first kappa shape index (κ1) is 13.8. The van der Waals surface area contributed by atoms with Crippen LogP contribution in [0.3, 0.4) is 0 Å². The van der Waals surface area contributed by atoms with E-state index in [1.165, 1.54) is 0 Å². The molecule has 0 aromatic carbocycles. The second-order valence-corrected chi connectivity index (χ2v) is 3.36. The lowest BCUT2D eigenvalue weighted by molar-refractivity contribution is -0.142. The molecule has 0 unspecified atom stereocenters. The number of nitriles is 1. The average molecular weight is 255 g/mol. The average Bonchev–Trinajstić information content (AvgIpc) is 2.27. The van der Waals surface area contributed by atoms with Gasteiger partial charge in [-0.2, -0.15) is 5.26 Å². The van der Waals surface area contributed by atoms with Gasteiger partial charge in [-0.25, -0.2) is 13.8 Å². The lowest BCUT2D eigenvalue weighted by Gasteiger charge is -2.10. The number of nitrogens with zero attached hydrogens (tertiary/aromatic N) is 2. The van der Waals surface area contributed by atoms with Crippen molar-refractivity contribution >= 4 is 11.8 Å². The van der Waals surface area contributed by atoms with E-state index in [1.54, 1.807) is 13.0 Å². The molecule has 0 aliphatic rings. The Morgan fingerprint density at radius 2 is 2.33 bits per heavy atom. The van der Waals surface area contributed by atoms with E-state index < -0.39 is 23.7 Å². The van der Waals surface area contributed by atoms with Crippen molar-refractivity contribution in [2.45, 2.75) is 19.8 Å². The number of rotatable bonds is 4. The Morgan fingerprint density at radius 3 is 2.83 bits per heavy atom. The van der Waals surface area contributed by atoms with Gasteiger partial charge in [-0.15, -0.1) is 0 Å². The number of alkyl halides is 2. The number of carbonyl (C=O) groups excluding carboxylic acids is 1. The summed E-state index contributed by atoms with van der Waals surface area (Å²) in [5, 5.41) is 8.74. The molecule has 1 rings (SSSR count). The maximum atomic E-state index is 12.9. The van der Waals surface area contributed by atoms with Crippen molar-refractivity contribution in [1.29, 1.82) is 5.26 Å². The van der Waals surface area contributed by atoms with Gasteiger partial charge < -0.3 is 10.5 Å². The van der Waals surface area contributed by atoms with Crippen LogP contribution in [0.4, 0.5) is 14.6 Å². The molecule has 1 aromatic heterocycles. The van der Waals surface area contributed by atoms with Crippen LogP contribution in [0.25, 0.3) is 0 Å². The lowest BCUT2D eigenvalue weighted by atomic mass is 10.0. The Balaban J connectivity index is 3.20. The zero-order valence-electron chi connectivity index (χ0n) is 9.61. The highest BCUT2D eigenvalue weighted by molar-refractivity contribution is 5.73. The summed E-state index contributed by atoms with van der Waals surface area (Å²) in [6.45, 7) is 1.75. The Bertz CT molecular complexity index is 498. The van der Waals surface area contributed by atoms with Gasteiger partial charge in [0.25, 0.3) is 6.43 Å². The molecule has 7 heteroatoms. The van der Waals surface area contributed by atoms with Crippen LogP contribution < -0.4 is 5.73 Å². The third kappa shape index (κ3) is 3.13. The van der Waals surface area contributed by atoms with Gasteiger partial charge in [0, 0.05) is 0 Å². The van der Waals surface area contributed by atoms with Gasteiger partial charge >= 0.3 is 5.97 Å². The van der Waals surface area contributed by atoms with E-state index >= 15 is 0 Å². The molecule has 2 N–H and O–H groups in total. The zero-order chi connectivity index (χ0) is 13.7. The number of nitrogen functional groups attached to an aromatic ring is 1. The maximum Gasteiger partial charge on any atom is 0.310 e. The molecule has 0 aliphatic carbocycles. The molecular weight excluding hydrogens is 244 g/mol. The lowest BCUT2D eigenvalue weighted by Crippen LogP contribution is -2.12. The molecule has 0 fully saturated rings. The van der Waals surface area contributed by atoms with E-state index in [9.17, 15) is 13.6 Å². The Morgan fingerprint density at radius 1 is 1.67 bits per heavy atom. The fourth-order valence-corrected chi connectivity index (χ4v) is 1.47. The Labute approximate surface area is 102 Å². The molecule has 0 atom stereocenters. The number of esters is 1. The molecule has 0 radical (unpaired) electrons. The molecule has 0 saturated carbocycles. The van der Waals surface area contributed by atoms with Gasteiger partial charge in [-0.1, -0.05) is 0 Å². The van der Waals surface area contributed by atoms with Gasteiger partial charge in [-0.05, 0) is 18.6 Å². The first-order valence-corrected chi connectivity index (χ1v) is 5.12. The molecule has 0 spiro atoms. The molecule has 1 aromatic rings. The van der Waals surface area contributed by atoms with Crippen molar-refractivity contribution in [3.63, 3.8) is 0 Å². The van der Waals surface area contributed by atoms with Crippen LogP contribution in [0.5, 0.6) is 0 Å². The fraction of sp³-hybridized carbons (Fsp3) is 0.364. The summed E-state index contributed by atoms with van der Waals surface area (Å²) in [7, 11) is 0. The van der Waals surface area contributed by atoms with Crippen molar-refractivity contribution in [3.05, 3.63) is 22.9 Å². The number of nitrogens with two attached hydrogens (primary N) is 1. The SMILES string of the molecule is CCOC(=O)Cc1cc(N)nc(C#N)c1C(F)F. The van der Waals surface area contributed by atoms with Crippen LogP contribution >= 0.6 is 0 Å². The van der Waals surface area contributed by atoms with Gasteiger partial charge in [0.1, 0.15) is 11.9 Å². The summed E-state index contributed by atoms with van der Waals surface area (Å²) in [6, 6.07) is 2.69. The maximum absolute atomic E-state index is 12.9.